The van der Waals surface area contributed by atoms with Gasteiger partial charge in [-0.15, -0.1) is 0 Å². The topological polar surface area (TPSA) is 52.4 Å². The van der Waals surface area contributed by atoms with Crippen molar-refractivity contribution in [2.24, 2.45) is 0 Å². The fraction of sp³-hybridized carbons (Fsp3) is 0.167. The minimum Gasteiger partial charge on any atom is -0.357 e. The first-order chi connectivity index (χ1) is 8.83. The number of aromatic nitrogens is 4. The van der Waals surface area contributed by atoms with E-state index < -0.39 is 0 Å². The van der Waals surface area contributed by atoms with Crippen LogP contribution in [0, 0.1) is 4.77 Å². The number of hydrogen-bond acceptors (Lipinski definition) is 3. The van der Waals surface area contributed by atoms with E-state index in [4.69, 9.17) is 12.2 Å². The third-order valence-electron chi connectivity index (χ3n) is 3.31. The van der Waals surface area contributed by atoms with E-state index in [1.165, 1.54) is 16.6 Å². The van der Waals surface area contributed by atoms with Crippen LogP contribution in [0.5, 0.6) is 0 Å². The van der Waals surface area contributed by atoms with Gasteiger partial charge in [-0.25, -0.2) is 4.68 Å². The normalized spacial score (nSPS) is 18.4. The van der Waals surface area contributed by atoms with Crippen molar-refractivity contribution in [1.82, 2.24) is 19.9 Å². The number of hydrogen-bond donors (Lipinski definition) is 2. The Morgan fingerprint density at radius 3 is 3.00 bits per heavy atom. The van der Waals surface area contributed by atoms with Crippen molar-refractivity contribution < 1.29 is 0 Å². The highest BCUT2D eigenvalue weighted by Gasteiger charge is 2.37. The molecule has 0 amide bonds. The molecule has 1 atom stereocenters. The molecule has 1 aliphatic rings. The zero-order chi connectivity index (χ0) is 12.1. The molecule has 1 aromatic carbocycles. The quantitative estimate of drug-likeness (QED) is 0.546. The number of nitrogens with zero attached hydrogens (tertiary/aromatic N) is 3. The first-order valence-electron chi connectivity index (χ1n) is 5.79. The van der Waals surface area contributed by atoms with Gasteiger partial charge in [0.1, 0.15) is 12.4 Å². The monoisotopic (exact) mass is 257 g/mol. The van der Waals surface area contributed by atoms with Crippen LogP contribution in [0.25, 0.3) is 10.9 Å². The molecule has 1 fully saturated rings. The van der Waals surface area contributed by atoms with E-state index in [9.17, 15) is 0 Å². The molecule has 0 radical (unpaired) electrons. The number of fused-ring (bicyclic) bond motifs is 1. The average molecular weight is 257 g/mol. The molecule has 1 saturated heterocycles. The average Bonchev–Trinajstić information content (AvgIpc) is 2.86. The Bertz CT molecular complexity index is 735. The van der Waals surface area contributed by atoms with E-state index >= 15 is 0 Å². The van der Waals surface area contributed by atoms with Crippen molar-refractivity contribution in [3.8, 4) is 0 Å². The summed E-state index contributed by atoms with van der Waals surface area (Å²) in [6, 6.07) is 10.9. The summed E-state index contributed by atoms with van der Waals surface area (Å²) in [5.74, 6) is 0. The van der Waals surface area contributed by atoms with Gasteiger partial charge in [-0.2, -0.15) is 5.10 Å². The number of rotatable bonds is 2. The summed E-state index contributed by atoms with van der Waals surface area (Å²) < 4.78 is 2.51. The number of para-hydroxylation sites is 1. The molecule has 2 aromatic heterocycles. The van der Waals surface area contributed by atoms with Crippen molar-refractivity contribution >= 4 is 23.1 Å². The first-order valence-corrected chi connectivity index (χ1v) is 6.20. The van der Waals surface area contributed by atoms with Gasteiger partial charge >= 0.3 is 0 Å². The molecule has 18 heavy (non-hydrogen) atoms. The zero-order valence-corrected chi connectivity index (χ0v) is 10.3. The lowest BCUT2D eigenvalue weighted by atomic mass is 10.2. The van der Waals surface area contributed by atoms with Crippen LogP contribution >= 0.6 is 12.2 Å². The van der Waals surface area contributed by atoms with Gasteiger partial charge in [0.05, 0.1) is 6.54 Å². The molecule has 0 aliphatic carbocycles. The lowest BCUT2D eigenvalue weighted by Gasteiger charge is -2.03. The van der Waals surface area contributed by atoms with Gasteiger partial charge in [0.2, 0.25) is 4.77 Å². The molecule has 0 saturated carbocycles. The van der Waals surface area contributed by atoms with Gasteiger partial charge in [-0.1, -0.05) is 18.2 Å². The number of benzene rings is 1. The Morgan fingerprint density at radius 1 is 1.33 bits per heavy atom. The van der Waals surface area contributed by atoms with Crippen molar-refractivity contribution in [1.29, 1.82) is 0 Å². The number of aromatic amines is 2. The summed E-state index contributed by atoms with van der Waals surface area (Å²) in [6.07, 6.45) is 1.71. The van der Waals surface area contributed by atoms with E-state index in [1.807, 2.05) is 10.7 Å². The Labute approximate surface area is 108 Å². The number of H-pyrrole nitrogens is 2. The Hall–Kier alpha value is -2.08. The lowest BCUT2D eigenvalue weighted by molar-refractivity contribution is 0.776. The van der Waals surface area contributed by atoms with Crippen LogP contribution < -0.4 is 5.01 Å². The van der Waals surface area contributed by atoms with Crippen molar-refractivity contribution in [2.75, 3.05) is 11.6 Å². The van der Waals surface area contributed by atoms with Gasteiger partial charge in [-0.3, -0.25) is 10.1 Å². The third-order valence-corrected chi connectivity index (χ3v) is 3.59. The molecular weight excluding hydrogens is 246 g/mol. The summed E-state index contributed by atoms with van der Waals surface area (Å²) in [5, 5.41) is 10.1. The molecule has 0 bridgehead atoms. The maximum absolute atomic E-state index is 5.16. The van der Waals surface area contributed by atoms with Crippen LogP contribution in [0.1, 0.15) is 11.7 Å². The second-order valence-corrected chi connectivity index (χ2v) is 4.84. The van der Waals surface area contributed by atoms with Crippen LogP contribution in [0.2, 0.25) is 0 Å². The molecule has 4 rings (SSSR count). The predicted molar refractivity (Wildman–Crippen MR) is 71.5 cm³/mol. The maximum atomic E-state index is 5.16. The van der Waals surface area contributed by atoms with E-state index in [0.29, 0.717) is 10.8 Å². The van der Waals surface area contributed by atoms with Crippen LogP contribution in [-0.4, -0.2) is 26.4 Å². The van der Waals surface area contributed by atoms with E-state index in [0.717, 1.165) is 6.54 Å². The first kappa shape index (κ1) is 9.90. The van der Waals surface area contributed by atoms with Crippen molar-refractivity contribution in [3.63, 3.8) is 0 Å². The molecule has 3 aromatic rings. The summed E-state index contributed by atoms with van der Waals surface area (Å²) in [4.78, 5) is 3.45. The van der Waals surface area contributed by atoms with Crippen molar-refractivity contribution in [2.45, 2.75) is 6.04 Å². The summed E-state index contributed by atoms with van der Waals surface area (Å²) in [6.45, 7) is 0.959. The maximum Gasteiger partial charge on any atom is 0.214 e. The molecule has 5 nitrogen and oxygen atoms in total. The van der Waals surface area contributed by atoms with Crippen LogP contribution in [0.4, 0.5) is 0 Å². The zero-order valence-electron chi connectivity index (χ0n) is 9.50. The fourth-order valence-electron chi connectivity index (χ4n) is 2.33. The second kappa shape index (κ2) is 3.46. The van der Waals surface area contributed by atoms with E-state index in [-0.39, 0.29) is 0 Å². The lowest BCUT2D eigenvalue weighted by Crippen LogP contribution is -2.11. The summed E-state index contributed by atoms with van der Waals surface area (Å²) >= 11 is 5.16. The highest BCUT2D eigenvalue weighted by Crippen LogP contribution is 2.33. The third kappa shape index (κ3) is 1.39. The minimum absolute atomic E-state index is 0.363. The molecule has 3 heterocycles. The number of nitrogens with one attached hydrogen (secondary N) is 2. The van der Waals surface area contributed by atoms with E-state index in [1.54, 1.807) is 6.33 Å². The highest BCUT2D eigenvalue weighted by atomic mass is 32.1. The smallest absolute Gasteiger partial charge is 0.214 e. The Balaban J connectivity index is 1.70. The molecule has 0 spiro atoms. The molecular formula is C12H11N5S. The van der Waals surface area contributed by atoms with Crippen LogP contribution in [0.15, 0.2) is 36.7 Å². The molecule has 1 aliphatic heterocycles. The Kier molecular flexibility index (Phi) is 1.90. The van der Waals surface area contributed by atoms with E-state index in [2.05, 4.69) is 44.5 Å². The molecule has 90 valence electrons. The largest absolute Gasteiger partial charge is 0.357 e. The standard InChI is InChI=1S/C12H11N5S/c18-12-15-13-7-17(12)16-6-11(16)10-5-8-3-1-2-4-9(8)14-10/h1-5,7,11,14H,6H2,(H,15,18). The fourth-order valence-corrected chi connectivity index (χ4v) is 2.53. The van der Waals surface area contributed by atoms with Gasteiger partial charge in [0.15, 0.2) is 0 Å². The molecule has 6 heteroatoms. The van der Waals surface area contributed by atoms with Crippen molar-refractivity contribution in [3.05, 3.63) is 47.1 Å². The highest BCUT2D eigenvalue weighted by molar-refractivity contribution is 7.71. The van der Waals surface area contributed by atoms with Crippen LogP contribution in [0.3, 0.4) is 0 Å². The molecule has 1 unspecified atom stereocenters. The Morgan fingerprint density at radius 2 is 2.22 bits per heavy atom. The predicted octanol–water partition coefficient (Wildman–Crippen LogP) is 2.11. The van der Waals surface area contributed by atoms with Gasteiger partial charge < -0.3 is 4.98 Å². The van der Waals surface area contributed by atoms with Crippen LogP contribution in [-0.2, 0) is 0 Å². The molecule has 2 N–H and O–H groups in total. The van der Waals surface area contributed by atoms with Gasteiger partial charge in [0.25, 0.3) is 0 Å². The van der Waals surface area contributed by atoms with Gasteiger partial charge in [-0.05, 0) is 29.7 Å². The SMILES string of the molecule is S=c1[nH]ncn1N1CC1c1cc2ccccc2[nH]1. The second-order valence-electron chi connectivity index (χ2n) is 4.46. The van der Waals surface area contributed by atoms with Gasteiger partial charge in [0, 0.05) is 11.2 Å². The summed E-state index contributed by atoms with van der Waals surface area (Å²) in [7, 11) is 0. The minimum atomic E-state index is 0.363. The summed E-state index contributed by atoms with van der Waals surface area (Å²) in [5.41, 5.74) is 2.40.